The maximum absolute atomic E-state index is 12.3. The summed E-state index contributed by atoms with van der Waals surface area (Å²) < 4.78 is 0. The van der Waals surface area contributed by atoms with Crippen molar-refractivity contribution in [3.05, 3.63) is 66.1 Å². The van der Waals surface area contributed by atoms with Crippen LogP contribution in [0, 0.1) is 12.8 Å². The molecule has 156 valence electrons. The van der Waals surface area contributed by atoms with Gasteiger partial charge < -0.3 is 20.6 Å². The molecule has 1 aliphatic rings. The number of nitrogens with one attached hydrogen (secondary N) is 2. The Morgan fingerprint density at radius 2 is 1.90 bits per heavy atom. The van der Waals surface area contributed by atoms with E-state index in [1.807, 2.05) is 6.92 Å². The highest BCUT2D eigenvalue weighted by atomic mass is 32.1. The topological polar surface area (TPSA) is 98.7 Å². The fourth-order valence-electron chi connectivity index (χ4n) is 3.46. The van der Waals surface area contributed by atoms with Crippen LogP contribution in [0.2, 0.25) is 0 Å². The van der Waals surface area contributed by atoms with Gasteiger partial charge in [-0.05, 0) is 54.8 Å². The Bertz CT molecular complexity index is 1190. The number of para-hydroxylation sites is 1. The number of rotatable bonds is 7. The summed E-state index contributed by atoms with van der Waals surface area (Å²) in [4.78, 5) is 39.3. The molecule has 0 unspecified atom stereocenters. The molecule has 1 aliphatic carbocycles. The second kappa shape index (κ2) is 7.60. The first-order chi connectivity index (χ1) is 14.3. The summed E-state index contributed by atoms with van der Waals surface area (Å²) in [7, 11) is 3.18. The Morgan fingerprint density at radius 3 is 2.50 bits per heavy atom. The van der Waals surface area contributed by atoms with Crippen molar-refractivity contribution < 1.29 is 9.90 Å². The van der Waals surface area contributed by atoms with Crippen LogP contribution < -0.4 is 21.5 Å². The number of phenols is 1. The quantitative estimate of drug-likeness (QED) is 0.397. The minimum Gasteiger partial charge on any atom is -0.505 e. The molecular formula is C22H23N3O4S. The number of thiophene rings is 1. The van der Waals surface area contributed by atoms with Gasteiger partial charge in [0.25, 0.3) is 16.8 Å². The molecule has 3 aromatic rings. The van der Waals surface area contributed by atoms with Crippen molar-refractivity contribution in [3.63, 3.8) is 0 Å². The van der Waals surface area contributed by atoms with Gasteiger partial charge in [-0.25, -0.2) is 0 Å². The fourth-order valence-corrected chi connectivity index (χ4v) is 4.51. The van der Waals surface area contributed by atoms with E-state index >= 15 is 0 Å². The van der Waals surface area contributed by atoms with Gasteiger partial charge in [-0.15, -0.1) is 11.3 Å². The zero-order valence-electron chi connectivity index (χ0n) is 17.0. The molecule has 0 spiro atoms. The predicted octanol–water partition coefficient (Wildman–Crippen LogP) is 3.37. The number of aromatic hydroxyl groups is 1. The van der Waals surface area contributed by atoms with Crippen LogP contribution in [0.4, 0.5) is 17.1 Å². The summed E-state index contributed by atoms with van der Waals surface area (Å²) in [5.74, 6) is -0.195. The first-order valence-electron chi connectivity index (χ1n) is 9.73. The molecule has 3 N–H and O–H groups in total. The zero-order valence-corrected chi connectivity index (χ0v) is 17.8. The molecule has 1 heterocycles. The Labute approximate surface area is 177 Å². The van der Waals surface area contributed by atoms with Gasteiger partial charge in [0.05, 0.1) is 17.3 Å². The molecule has 0 saturated heterocycles. The van der Waals surface area contributed by atoms with Crippen LogP contribution in [-0.4, -0.2) is 30.0 Å². The van der Waals surface area contributed by atoms with Crippen molar-refractivity contribution in [2.45, 2.75) is 25.8 Å². The average molecular weight is 426 g/mol. The second-order valence-corrected chi connectivity index (χ2v) is 8.86. The fraction of sp³-hybridized carbons (Fsp3) is 0.318. The second-order valence-electron chi connectivity index (χ2n) is 7.92. The number of hydrogen-bond acceptors (Lipinski definition) is 7. The Morgan fingerprint density at radius 1 is 1.20 bits per heavy atom. The van der Waals surface area contributed by atoms with Gasteiger partial charge in [-0.1, -0.05) is 6.07 Å². The van der Waals surface area contributed by atoms with Crippen molar-refractivity contribution in [3.8, 4) is 5.75 Å². The number of aryl methyl sites for hydroxylation is 1. The SMILES string of the molecule is Cc1csc([C@H](Nc2c(Nc3cccc(C(=O)N(C)C)c3O)c(=O)c2=O)C2CC2)c1. The molecule has 0 radical (unpaired) electrons. The van der Waals surface area contributed by atoms with Crippen molar-refractivity contribution in [1.82, 2.24) is 4.90 Å². The lowest BCUT2D eigenvalue weighted by molar-refractivity contribution is 0.0824. The number of carbonyl (C=O) groups excluding carboxylic acids is 1. The van der Waals surface area contributed by atoms with E-state index in [0.717, 1.165) is 23.3 Å². The van der Waals surface area contributed by atoms with Gasteiger partial charge in [0.2, 0.25) is 0 Å². The number of hydrogen-bond donors (Lipinski definition) is 3. The largest absolute Gasteiger partial charge is 0.505 e. The maximum Gasteiger partial charge on any atom is 0.257 e. The van der Waals surface area contributed by atoms with Crippen LogP contribution in [0.3, 0.4) is 0 Å². The number of amides is 1. The van der Waals surface area contributed by atoms with Crippen LogP contribution in [0.1, 0.15) is 39.7 Å². The highest BCUT2D eigenvalue weighted by molar-refractivity contribution is 7.10. The van der Waals surface area contributed by atoms with E-state index in [1.54, 1.807) is 37.6 Å². The van der Waals surface area contributed by atoms with E-state index < -0.39 is 10.9 Å². The molecule has 1 amide bonds. The predicted molar refractivity (Wildman–Crippen MR) is 119 cm³/mol. The summed E-state index contributed by atoms with van der Waals surface area (Å²) in [6.07, 6.45) is 2.14. The lowest BCUT2D eigenvalue weighted by Gasteiger charge is -2.22. The van der Waals surface area contributed by atoms with E-state index in [0.29, 0.717) is 5.92 Å². The molecule has 30 heavy (non-hydrogen) atoms. The van der Waals surface area contributed by atoms with Gasteiger partial charge in [0.1, 0.15) is 11.4 Å². The first kappa shape index (κ1) is 20.2. The van der Waals surface area contributed by atoms with Gasteiger partial charge in [0, 0.05) is 19.0 Å². The zero-order chi connectivity index (χ0) is 21.6. The van der Waals surface area contributed by atoms with Crippen molar-refractivity contribution >= 4 is 34.3 Å². The van der Waals surface area contributed by atoms with E-state index in [-0.39, 0.29) is 40.3 Å². The Hall–Kier alpha value is -3.13. The molecule has 4 rings (SSSR count). The third kappa shape index (κ3) is 3.59. The smallest absolute Gasteiger partial charge is 0.257 e. The third-order valence-electron chi connectivity index (χ3n) is 5.29. The molecule has 0 bridgehead atoms. The minimum absolute atomic E-state index is 0.0252. The highest BCUT2D eigenvalue weighted by Crippen LogP contribution is 2.45. The van der Waals surface area contributed by atoms with E-state index in [9.17, 15) is 19.5 Å². The molecule has 2 aromatic carbocycles. The monoisotopic (exact) mass is 425 g/mol. The third-order valence-corrected chi connectivity index (χ3v) is 6.43. The van der Waals surface area contributed by atoms with Crippen molar-refractivity contribution in [1.29, 1.82) is 0 Å². The highest BCUT2D eigenvalue weighted by Gasteiger charge is 2.35. The molecular weight excluding hydrogens is 402 g/mol. The standard InChI is InChI=1S/C22H23N3O4S/c1-11-9-15(30-10-11)16(12-7-8-12)24-18-17(20(27)21(18)28)23-14-6-4-5-13(19(14)26)22(29)25(2)3/h4-6,9-10,12,16,23-24,26H,7-8H2,1-3H3/t16-/m1/s1. The van der Waals surface area contributed by atoms with E-state index in [2.05, 4.69) is 22.1 Å². The average Bonchev–Trinajstić information content (AvgIpc) is 3.47. The van der Waals surface area contributed by atoms with Crippen LogP contribution in [0.25, 0.3) is 0 Å². The summed E-state index contributed by atoms with van der Waals surface area (Å²) >= 11 is 1.64. The molecule has 7 nitrogen and oxygen atoms in total. The molecule has 8 heteroatoms. The Kier molecular flexibility index (Phi) is 5.11. The van der Waals surface area contributed by atoms with E-state index in [4.69, 9.17) is 0 Å². The first-order valence-corrected chi connectivity index (χ1v) is 10.6. The number of benzene rings is 1. The summed E-state index contributed by atoms with van der Waals surface area (Å²) in [6.45, 7) is 2.03. The molecule has 1 fully saturated rings. The Balaban J connectivity index is 1.63. The van der Waals surface area contributed by atoms with Gasteiger partial charge >= 0.3 is 0 Å². The lowest BCUT2D eigenvalue weighted by atomic mass is 10.1. The maximum atomic E-state index is 12.3. The van der Waals surface area contributed by atoms with Gasteiger partial charge in [-0.3, -0.25) is 14.4 Å². The van der Waals surface area contributed by atoms with Crippen LogP contribution in [0.5, 0.6) is 5.75 Å². The number of anilines is 3. The molecule has 1 atom stereocenters. The lowest BCUT2D eigenvalue weighted by Crippen LogP contribution is -2.37. The summed E-state index contributed by atoms with van der Waals surface area (Å²) in [5.41, 5.74) is 0.610. The number of phenolic OH excluding ortho intramolecular Hbond substituents is 1. The number of carbonyl (C=O) groups is 1. The van der Waals surface area contributed by atoms with Gasteiger partial charge in [0.15, 0.2) is 5.75 Å². The number of nitrogens with zero attached hydrogens (tertiary/aromatic N) is 1. The van der Waals surface area contributed by atoms with Crippen molar-refractivity contribution in [2.75, 3.05) is 24.7 Å². The molecule has 1 saturated carbocycles. The summed E-state index contributed by atoms with van der Waals surface area (Å²) in [6, 6.07) is 6.75. The molecule has 0 aliphatic heterocycles. The van der Waals surface area contributed by atoms with E-state index in [1.165, 1.54) is 11.0 Å². The van der Waals surface area contributed by atoms with Crippen LogP contribution in [0.15, 0.2) is 39.2 Å². The van der Waals surface area contributed by atoms with Crippen LogP contribution >= 0.6 is 11.3 Å². The molecule has 1 aromatic heterocycles. The van der Waals surface area contributed by atoms with Gasteiger partial charge in [-0.2, -0.15) is 0 Å². The van der Waals surface area contributed by atoms with Crippen molar-refractivity contribution in [2.24, 2.45) is 5.92 Å². The van der Waals surface area contributed by atoms with Crippen LogP contribution in [-0.2, 0) is 0 Å². The minimum atomic E-state index is -0.641. The summed E-state index contributed by atoms with van der Waals surface area (Å²) in [5, 5.41) is 18.7. The normalized spacial score (nSPS) is 14.5.